The zero-order valence-electron chi connectivity index (χ0n) is 16.8. The molecule has 0 fully saturated rings. The molecule has 28 heteroatoms. The van der Waals surface area contributed by atoms with Crippen LogP contribution in [0.3, 0.4) is 0 Å². The minimum Gasteiger partial charge on any atom is -0.283 e. The molecule has 1 unspecified atom stereocenters. The Morgan fingerprint density at radius 2 is 0.550 bits per heavy atom. The number of rotatable bonds is 11. The highest BCUT2D eigenvalue weighted by atomic mass is 32.2. The first-order valence-electron chi connectivity index (χ1n) is 8.11. The van der Waals surface area contributed by atoms with Crippen LogP contribution in [0.1, 0.15) is 0 Å². The number of alkyl halides is 24. The molecule has 0 rings (SSSR count). The monoisotopic (exact) mass is 682 g/mol. The first-order chi connectivity index (χ1) is 16.7. The summed E-state index contributed by atoms with van der Waals surface area (Å²) >= 11 is 0. The average molecular weight is 682 g/mol. The molecular formula is C12H2F24O3S. The summed E-state index contributed by atoms with van der Waals surface area (Å²) < 4.78 is 342. The molecule has 0 spiro atoms. The van der Waals surface area contributed by atoms with Crippen LogP contribution in [0.15, 0.2) is 0 Å². The van der Waals surface area contributed by atoms with Gasteiger partial charge in [0.1, 0.15) is 0 Å². The lowest BCUT2D eigenvalue weighted by atomic mass is 9.85. The summed E-state index contributed by atoms with van der Waals surface area (Å²) in [6.07, 6.45) is -8.19. The van der Waals surface area contributed by atoms with E-state index in [9.17, 15) is 114 Å². The second-order valence-electron chi connectivity index (χ2n) is 7.12. The quantitative estimate of drug-likeness (QED) is 0.187. The van der Waals surface area contributed by atoms with Gasteiger partial charge in [-0.1, -0.05) is 0 Å². The topological polar surface area (TPSA) is 54.4 Å². The Kier molecular flexibility index (Phi) is 8.71. The molecule has 0 aliphatic rings. The summed E-state index contributed by atoms with van der Waals surface area (Å²) in [5.74, 6) is -91.9. The Morgan fingerprint density at radius 3 is 0.725 bits per heavy atom. The third kappa shape index (κ3) is 4.48. The Bertz CT molecular complexity index is 1050. The molecule has 242 valence electrons. The molecule has 0 amide bonds. The highest BCUT2D eigenvalue weighted by molar-refractivity contribution is 7.86. The van der Waals surface area contributed by atoms with Crippen LogP contribution < -0.4 is 0 Å². The lowest BCUT2D eigenvalue weighted by molar-refractivity contribution is -0.478. The Balaban J connectivity index is 7.35. The van der Waals surface area contributed by atoms with E-state index >= 15 is 0 Å². The van der Waals surface area contributed by atoms with Gasteiger partial charge in [-0.05, 0) is 0 Å². The van der Waals surface area contributed by atoms with Gasteiger partial charge in [-0.15, -0.1) is 0 Å². The van der Waals surface area contributed by atoms with Crippen LogP contribution >= 0.6 is 0 Å². The molecule has 40 heavy (non-hydrogen) atoms. The van der Waals surface area contributed by atoms with Crippen molar-refractivity contribution >= 4 is 10.1 Å². The fraction of sp³-hybridized carbons (Fsp3) is 1.00. The molecule has 0 saturated heterocycles. The van der Waals surface area contributed by atoms with Crippen molar-refractivity contribution in [3.05, 3.63) is 0 Å². The van der Waals surface area contributed by atoms with Crippen molar-refractivity contribution in [3.8, 4) is 0 Å². The van der Waals surface area contributed by atoms with Crippen molar-refractivity contribution in [2.75, 3.05) is 0 Å². The van der Waals surface area contributed by atoms with Crippen LogP contribution in [0, 0.1) is 0 Å². The number of hydrogen-bond acceptors (Lipinski definition) is 2. The Labute approximate surface area is 200 Å². The van der Waals surface area contributed by atoms with Crippen LogP contribution in [0.25, 0.3) is 0 Å². The first kappa shape index (κ1) is 38.2. The van der Waals surface area contributed by atoms with E-state index < -0.39 is 81.0 Å². The summed E-state index contributed by atoms with van der Waals surface area (Å²) in [5.41, 5.74) is -6.28. The van der Waals surface area contributed by atoms with Gasteiger partial charge < -0.3 is 0 Å². The van der Waals surface area contributed by atoms with Gasteiger partial charge in [-0.25, -0.2) is 4.39 Å². The molecule has 0 aliphatic heterocycles. The van der Waals surface area contributed by atoms with Gasteiger partial charge in [0, 0.05) is 0 Å². The standard InChI is InChI=1S/C12H2F24O3S/c13-1(40(37,38)39)2(14,15)3(16,17)4(18,19)5(20,21)6(22,23)7(24,25)8(26,27)9(28,29)10(30,31)11(32,33)12(34,35)36/h1H,(H,37,38,39). The molecule has 1 N–H and O–H groups in total. The van der Waals surface area contributed by atoms with E-state index in [2.05, 4.69) is 0 Å². The summed E-state index contributed by atoms with van der Waals surface area (Å²) in [6, 6.07) is 0. The molecular weight excluding hydrogens is 680 g/mol. The van der Waals surface area contributed by atoms with Crippen LogP contribution in [-0.4, -0.2) is 83.9 Å². The van der Waals surface area contributed by atoms with Gasteiger partial charge >= 0.3 is 75.5 Å². The molecule has 0 heterocycles. The normalized spacial score (nSPS) is 17.7. The summed E-state index contributed by atoms with van der Waals surface area (Å²) in [5, 5.41) is 0. The third-order valence-electron chi connectivity index (χ3n) is 4.48. The summed E-state index contributed by atoms with van der Waals surface area (Å²) in [6.45, 7) is 0. The fourth-order valence-corrected chi connectivity index (χ4v) is 2.62. The van der Waals surface area contributed by atoms with E-state index in [0.29, 0.717) is 0 Å². The van der Waals surface area contributed by atoms with E-state index in [0.717, 1.165) is 0 Å². The van der Waals surface area contributed by atoms with E-state index in [1.807, 2.05) is 0 Å². The number of halogens is 24. The second kappa shape index (κ2) is 9.11. The lowest BCUT2D eigenvalue weighted by Gasteiger charge is -2.45. The van der Waals surface area contributed by atoms with Crippen molar-refractivity contribution in [1.82, 2.24) is 0 Å². The lowest BCUT2D eigenvalue weighted by Crippen LogP contribution is -2.78. The van der Waals surface area contributed by atoms with Crippen molar-refractivity contribution in [2.45, 2.75) is 70.9 Å². The zero-order chi connectivity index (χ0) is 33.6. The van der Waals surface area contributed by atoms with Gasteiger partial charge in [0.2, 0.25) is 0 Å². The first-order valence-corrected chi connectivity index (χ1v) is 9.61. The smallest absolute Gasteiger partial charge is 0.283 e. The predicted molar refractivity (Wildman–Crippen MR) is 72.0 cm³/mol. The largest absolute Gasteiger partial charge is 0.460 e. The van der Waals surface area contributed by atoms with Crippen LogP contribution in [-0.2, 0) is 10.1 Å². The van der Waals surface area contributed by atoms with Gasteiger partial charge in [0.15, 0.2) is 0 Å². The minimum absolute atomic E-state index is 6.28. The van der Waals surface area contributed by atoms with Gasteiger partial charge in [0.05, 0.1) is 0 Å². The van der Waals surface area contributed by atoms with Crippen molar-refractivity contribution in [2.24, 2.45) is 0 Å². The van der Waals surface area contributed by atoms with Gasteiger partial charge in [0.25, 0.3) is 5.50 Å². The van der Waals surface area contributed by atoms with E-state index in [1.54, 1.807) is 0 Å². The molecule has 3 nitrogen and oxygen atoms in total. The molecule has 0 radical (unpaired) electrons. The van der Waals surface area contributed by atoms with E-state index in [-0.39, 0.29) is 0 Å². The predicted octanol–water partition coefficient (Wildman–Crippen LogP) is 7.09. The van der Waals surface area contributed by atoms with Crippen LogP contribution in [0.4, 0.5) is 105 Å². The maximum Gasteiger partial charge on any atom is 0.460 e. The van der Waals surface area contributed by atoms with Crippen LogP contribution in [0.2, 0.25) is 0 Å². The molecule has 0 aromatic heterocycles. The maximum absolute atomic E-state index is 13.5. The molecule has 1 atom stereocenters. The Morgan fingerprint density at radius 1 is 0.375 bits per heavy atom. The molecule has 0 saturated carbocycles. The number of hydrogen-bond donors (Lipinski definition) is 1. The second-order valence-corrected chi connectivity index (χ2v) is 8.57. The molecule has 0 bridgehead atoms. The summed E-state index contributed by atoms with van der Waals surface area (Å²) in [4.78, 5) is 0. The molecule has 0 aliphatic carbocycles. The highest BCUT2D eigenvalue weighted by Gasteiger charge is 2.99. The maximum atomic E-state index is 13.5. The van der Waals surface area contributed by atoms with Gasteiger partial charge in [-0.2, -0.15) is 109 Å². The average Bonchev–Trinajstić information content (AvgIpc) is 2.70. The Hall–Kier alpha value is -1.77. The van der Waals surface area contributed by atoms with Crippen molar-refractivity contribution in [1.29, 1.82) is 0 Å². The van der Waals surface area contributed by atoms with E-state index in [4.69, 9.17) is 4.55 Å². The van der Waals surface area contributed by atoms with Gasteiger partial charge in [-0.3, -0.25) is 4.55 Å². The SMILES string of the molecule is O=S(=O)(O)C(F)C(F)(F)C(F)(F)C(F)(F)C(F)(F)C(F)(F)C(F)(F)C(F)(F)C(F)(F)C(F)(F)C(F)(F)C(F)(F)F. The molecule has 0 aromatic rings. The zero-order valence-corrected chi connectivity index (χ0v) is 17.6. The molecule has 0 aromatic carbocycles. The fourth-order valence-electron chi connectivity index (χ4n) is 2.10. The van der Waals surface area contributed by atoms with Crippen LogP contribution in [0.5, 0.6) is 0 Å². The van der Waals surface area contributed by atoms with E-state index in [1.165, 1.54) is 0 Å². The van der Waals surface area contributed by atoms with Crippen molar-refractivity contribution < 1.29 is 118 Å². The minimum atomic E-state index is -9.63. The van der Waals surface area contributed by atoms with Crippen molar-refractivity contribution in [3.63, 3.8) is 0 Å². The summed E-state index contributed by atoms with van der Waals surface area (Å²) in [7, 11) is -7.47. The highest BCUT2D eigenvalue weighted by Crippen LogP contribution is 2.67. The third-order valence-corrected chi connectivity index (χ3v) is 5.29.